The van der Waals surface area contributed by atoms with Crippen LogP contribution >= 0.6 is 0 Å². The van der Waals surface area contributed by atoms with Crippen molar-refractivity contribution in [1.82, 2.24) is 0 Å². The number of nitrogens with zero attached hydrogens (tertiary/aromatic N) is 1. The third-order valence-electron chi connectivity index (χ3n) is 5.03. The lowest BCUT2D eigenvalue weighted by Crippen LogP contribution is -2.36. The van der Waals surface area contributed by atoms with Crippen molar-refractivity contribution in [3.63, 3.8) is 0 Å². The van der Waals surface area contributed by atoms with Gasteiger partial charge in [-0.05, 0) is 42.7 Å². The van der Waals surface area contributed by atoms with Gasteiger partial charge in [-0.15, -0.1) is 0 Å². The van der Waals surface area contributed by atoms with Crippen LogP contribution in [-0.4, -0.2) is 29.6 Å². The van der Waals surface area contributed by atoms with Crippen LogP contribution in [0.4, 0.5) is 11.4 Å². The maximum Gasteiger partial charge on any atom is 0.344 e. The van der Waals surface area contributed by atoms with Gasteiger partial charge in [-0.3, -0.25) is 10.1 Å². The number of esters is 2. The Morgan fingerprint density at radius 1 is 1.33 bits per heavy atom. The highest BCUT2D eigenvalue weighted by Gasteiger charge is 2.33. The van der Waals surface area contributed by atoms with Crippen LogP contribution in [0.1, 0.15) is 50.4 Å². The van der Waals surface area contributed by atoms with E-state index in [2.05, 4.69) is 20.8 Å². The molecule has 1 aliphatic carbocycles. The predicted octanol–water partition coefficient (Wildman–Crippen LogP) is 3.34. The molecule has 1 aliphatic rings. The molecule has 1 saturated carbocycles. The summed E-state index contributed by atoms with van der Waals surface area (Å²) in [6.45, 7) is 5.81. The number of nitrogens with two attached hydrogens (primary N) is 1. The molecule has 2 rings (SSSR count). The summed E-state index contributed by atoms with van der Waals surface area (Å²) in [4.78, 5) is 34.4. The lowest BCUT2D eigenvalue weighted by molar-refractivity contribution is -0.383. The number of nitro groups is 1. The van der Waals surface area contributed by atoms with E-state index in [0.29, 0.717) is 17.8 Å². The summed E-state index contributed by atoms with van der Waals surface area (Å²) in [7, 11) is 0. The van der Waals surface area contributed by atoms with Gasteiger partial charge >= 0.3 is 11.9 Å². The van der Waals surface area contributed by atoms with Crippen LogP contribution in [0.2, 0.25) is 0 Å². The molecule has 8 nitrogen and oxygen atoms in total. The van der Waals surface area contributed by atoms with Gasteiger partial charge in [0.2, 0.25) is 0 Å². The zero-order valence-corrected chi connectivity index (χ0v) is 15.8. The number of benzene rings is 1. The lowest BCUT2D eigenvalue weighted by atomic mass is 9.75. The minimum absolute atomic E-state index is 0.0463. The average Bonchev–Trinajstić information content (AvgIpc) is 2.59. The Bertz CT molecular complexity index is 718. The van der Waals surface area contributed by atoms with Crippen LogP contribution in [0.15, 0.2) is 18.2 Å². The van der Waals surface area contributed by atoms with Crippen molar-refractivity contribution in [1.29, 1.82) is 0 Å². The van der Waals surface area contributed by atoms with E-state index in [1.54, 1.807) is 0 Å². The van der Waals surface area contributed by atoms with Gasteiger partial charge in [-0.2, -0.15) is 0 Å². The standard InChI is InChI=1S/C19H26N2O6/c1-11(2)14-6-4-12(3)8-17(14)27-18(22)10-26-19(23)13-5-7-15(20)16(9-13)21(24)25/h5,7,9,11-12,14,17H,4,6,8,10,20H2,1-3H3/t12-,14+,17-/m0/s1. The number of anilines is 1. The molecule has 0 radical (unpaired) electrons. The van der Waals surface area contributed by atoms with Gasteiger partial charge in [0.1, 0.15) is 11.8 Å². The molecule has 3 atom stereocenters. The number of rotatable bonds is 6. The highest BCUT2D eigenvalue weighted by Crippen LogP contribution is 2.35. The van der Waals surface area contributed by atoms with Crippen LogP contribution < -0.4 is 5.73 Å². The fourth-order valence-corrected chi connectivity index (χ4v) is 3.49. The zero-order chi connectivity index (χ0) is 20.1. The first-order valence-corrected chi connectivity index (χ1v) is 9.09. The molecule has 0 bridgehead atoms. The van der Waals surface area contributed by atoms with Crippen molar-refractivity contribution in [2.24, 2.45) is 17.8 Å². The van der Waals surface area contributed by atoms with Gasteiger partial charge in [-0.25, -0.2) is 9.59 Å². The van der Waals surface area contributed by atoms with Crippen molar-refractivity contribution < 1.29 is 24.0 Å². The molecule has 0 aliphatic heterocycles. The number of carbonyl (C=O) groups excluding carboxylic acids is 2. The molecular weight excluding hydrogens is 352 g/mol. The largest absolute Gasteiger partial charge is 0.460 e. The summed E-state index contributed by atoms with van der Waals surface area (Å²) < 4.78 is 10.5. The normalized spacial score (nSPS) is 22.3. The molecule has 0 amide bonds. The first kappa shape index (κ1) is 20.7. The number of nitrogen functional groups attached to an aromatic ring is 1. The van der Waals surface area contributed by atoms with E-state index >= 15 is 0 Å². The minimum atomic E-state index is -0.840. The van der Waals surface area contributed by atoms with E-state index in [1.807, 2.05) is 0 Å². The average molecular weight is 378 g/mol. The number of ether oxygens (including phenoxy) is 2. The van der Waals surface area contributed by atoms with Crippen LogP contribution in [0, 0.1) is 27.9 Å². The third kappa shape index (κ3) is 5.42. The molecule has 148 valence electrons. The van der Waals surface area contributed by atoms with E-state index in [9.17, 15) is 19.7 Å². The second-order valence-corrected chi connectivity index (χ2v) is 7.46. The van der Waals surface area contributed by atoms with Gasteiger partial charge in [-0.1, -0.05) is 27.2 Å². The van der Waals surface area contributed by atoms with Crippen LogP contribution in [0.5, 0.6) is 0 Å². The van der Waals surface area contributed by atoms with Crippen LogP contribution in [0.25, 0.3) is 0 Å². The van der Waals surface area contributed by atoms with Crippen molar-refractivity contribution in [3.05, 3.63) is 33.9 Å². The monoisotopic (exact) mass is 378 g/mol. The number of hydrogen-bond acceptors (Lipinski definition) is 7. The second kappa shape index (κ2) is 8.83. The lowest BCUT2D eigenvalue weighted by Gasteiger charge is -2.36. The summed E-state index contributed by atoms with van der Waals surface area (Å²) >= 11 is 0. The second-order valence-electron chi connectivity index (χ2n) is 7.46. The molecule has 0 spiro atoms. The van der Waals surface area contributed by atoms with Crippen molar-refractivity contribution >= 4 is 23.3 Å². The van der Waals surface area contributed by atoms with E-state index in [1.165, 1.54) is 12.1 Å². The molecule has 1 aromatic carbocycles. The molecule has 2 N–H and O–H groups in total. The molecule has 0 unspecified atom stereocenters. The van der Waals surface area contributed by atoms with E-state index in [-0.39, 0.29) is 23.0 Å². The highest BCUT2D eigenvalue weighted by molar-refractivity contribution is 5.92. The summed E-state index contributed by atoms with van der Waals surface area (Å²) in [5, 5.41) is 10.9. The maximum absolute atomic E-state index is 12.1. The summed E-state index contributed by atoms with van der Waals surface area (Å²) in [6, 6.07) is 3.60. The Balaban J connectivity index is 1.93. The Morgan fingerprint density at radius 2 is 2.04 bits per heavy atom. The topological polar surface area (TPSA) is 122 Å². The van der Waals surface area contributed by atoms with E-state index in [0.717, 1.165) is 25.3 Å². The maximum atomic E-state index is 12.1. The molecule has 0 saturated heterocycles. The van der Waals surface area contributed by atoms with E-state index in [4.69, 9.17) is 15.2 Å². The van der Waals surface area contributed by atoms with Crippen LogP contribution in [0.3, 0.4) is 0 Å². The molecular formula is C19H26N2O6. The van der Waals surface area contributed by atoms with Crippen molar-refractivity contribution in [2.45, 2.75) is 46.1 Å². The zero-order valence-electron chi connectivity index (χ0n) is 15.8. The van der Waals surface area contributed by atoms with Gasteiger partial charge in [0.05, 0.1) is 10.5 Å². The predicted molar refractivity (Wildman–Crippen MR) is 99.0 cm³/mol. The Morgan fingerprint density at radius 3 is 2.67 bits per heavy atom. The van der Waals surface area contributed by atoms with Gasteiger partial charge in [0.15, 0.2) is 6.61 Å². The van der Waals surface area contributed by atoms with Crippen molar-refractivity contribution in [2.75, 3.05) is 12.3 Å². The highest BCUT2D eigenvalue weighted by atomic mass is 16.6. The molecule has 0 heterocycles. The Hall–Kier alpha value is -2.64. The minimum Gasteiger partial charge on any atom is -0.460 e. The quantitative estimate of drug-likeness (QED) is 0.348. The first-order chi connectivity index (χ1) is 12.7. The fraction of sp³-hybridized carbons (Fsp3) is 0.579. The molecule has 1 fully saturated rings. The molecule has 0 aromatic heterocycles. The number of carbonyl (C=O) groups is 2. The van der Waals surface area contributed by atoms with E-state index < -0.39 is 23.5 Å². The summed E-state index contributed by atoms with van der Waals surface area (Å²) in [6.07, 6.45) is 2.73. The summed E-state index contributed by atoms with van der Waals surface area (Å²) in [5.41, 5.74) is 5.01. The fourth-order valence-electron chi connectivity index (χ4n) is 3.49. The molecule has 1 aromatic rings. The Kier molecular flexibility index (Phi) is 6.76. The number of nitro benzene ring substituents is 1. The van der Waals surface area contributed by atoms with Crippen molar-refractivity contribution in [3.8, 4) is 0 Å². The van der Waals surface area contributed by atoms with Gasteiger partial charge < -0.3 is 15.2 Å². The Labute approximate surface area is 158 Å². The van der Waals surface area contributed by atoms with Crippen LogP contribution in [-0.2, 0) is 14.3 Å². The molecule has 8 heteroatoms. The van der Waals surface area contributed by atoms with Gasteiger partial charge in [0.25, 0.3) is 5.69 Å². The number of hydrogen-bond donors (Lipinski definition) is 1. The molecule has 27 heavy (non-hydrogen) atoms. The third-order valence-corrected chi connectivity index (χ3v) is 5.03. The first-order valence-electron chi connectivity index (χ1n) is 9.09. The SMILES string of the molecule is CC(C)[C@H]1CC[C@H](C)C[C@@H]1OC(=O)COC(=O)c1ccc(N)c([N+](=O)[O-])c1. The van der Waals surface area contributed by atoms with Gasteiger partial charge in [0, 0.05) is 6.07 Å². The smallest absolute Gasteiger partial charge is 0.344 e. The summed E-state index contributed by atoms with van der Waals surface area (Å²) in [5.74, 6) is -0.282.